The summed E-state index contributed by atoms with van der Waals surface area (Å²) in [5, 5.41) is 16.7. The van der Waals surface area contributed by atoms with E-state index in [0.717, 1.165) is 5.01 Å². The van der Waals surface area contributed by atoms with Crippen LogP contribution in [0.15, 0.2) is 30.3 Å². The molecule has 3 rings (SSSR count). The van der Waals surface area contributed by atoms with Gasteiger partial charge in [-0.3, -0.25) is 33.8 Å². The van der Waals surface area contributed by atoms with E-state index in [0.29, 0.717) is 6.42 Å². The highest BCUT2D eigenvalue weighted by molar-refractivity contribution is 6.43. The number of Topliss-reactive ketones (excluding diaryl/α,β-unsaturated/α-hetero) is 1. The fourth-order valence-electron chi connectivity index (χ4n) is 4.64. The molecule has 0 saturated carbocycles. The van der Waals surface area contributed by atoms with Crippen molar-refractivity contribution >= 4 is 35.4 Å². The van der Waals surface area contributed by atoms with E-state index >= 15 is 0 Å². The summed E-state index contributed by atoms with van der Waals surface area (Å²) in [7, 11) is 0. The van der Waals surface area contributed by atoms with Crippen LogP contribution in [0.5, 0.6) is 0 Å². The topological polar surface area (TPSA) is 172 Å². The molecular formula is C26H34N4O9. The average Bonchev–Trinajstić information content (AvgIpc) is 3.04. The molecule has 2 aliphatic heterocycles. The molecule has 13 nitrogen and oxygen atoms in total. The van der Waals surface area contributed by atoms with Gasteiger partial charge in [0.05, 0.1) is 12.5 Å². The Labute approximate surface area is 225 Å². The van der Waals surface area contributed by atoms with Gasteiger partial charge >= 0.3 is 5.97 Å². The second-order valence-corrected chi connectivity index (χ2v) is 9.11. The van der Waals surface area contributed by atoms with Crippen molar-refractivity contribution in [2.45, 2.75) is 70.4 Å². The smallest absolute Gasteiger partial charge is 0.305 e. The third-order valence-electron chi connectivity index (χ3n) is 6.42. The number of benzene rings is 1. The number of ether oxygens (including phenoxy) is 2. The number of aliphatic carboxylic acids is 1. The Morgan fingerprint density at radius 2 is 1.72 bits per heavy atom. The van der Waals surface area contributed by atoms with E-state index in [1.54, 1.807) is 32.0 Å². The Morgan fingerprint density at radius 1 is 1.05 bits per heavy atom. The molecule has 4 amide bonds. The highest BCUT2D eigenvalue weighted by Crippen LogP contribution is 2.25. The van der Waals surface area contributed by atoms with Gasteiger partial charge in [0.2, 0.25) is 17.6 Å². The van der Waals surface area contributed by atoms with E-state index in [2.05, 4.69) is 10.6 Å². The lowest BCUT2D eigenvalue weighted by atomic mass is 10.0. The highest BCUT2D eigenvalue weighted by atomic mass is 16.7. The number of nitrogens with zero attached hydrogens (tertiary/aromatic N) is 2. The van der Waals surface area contributed by atoms with Gasteiger partial charge in [0.25, 0.3) is 11.8 Å². The lowest BCUT2D eigenvalue weighted by Crippen LogP contribution is -2.65. The number of carbonyl (C=O) groups excluding carboxylic acids is 5. The predicted molar refractivity (Wildman–Crippen MR) is 135 cm³/mol. The van der Waals surface area contributed by atoms with Gasteiger partial charge in [0.15, 0.2) is 6.29 Å². The van der Waals surface area contributed by atoms with Crippen molar-refractivity contribution in [1.82, 2.24) is 20.7 Å². The summed E-state index contributed by atoms with van der Waals surface area (Å²) in [5.41, 5.74) is 0.145. The Hall–Kier alpha value is -3.84. The summed E-state index contributed by atoms with van der Waals surface area (Å²) in [6, 6.07) is 4.39. The van der Waals surface area contributed by atoms with Crippen LogP contribution in [0.1, 0.15) is 56.3 Å². The Bertz CT molecular complexity index is 1070. The highest BCUT2D eigenvalue weighted by Gasteiger charge is 2.45. The third kappa shape index (κ3) is 7.39. The maximum atomic E-state index is 13.6. The number of hydrazine groups is 1. The first-order valence-electron chi connectivity index (χ1n) is 13.0. The summed E-state index contributed by atoms with van der Waals surface area (Å²) in [5.74, 6) is -4.84. The number of rotatable bonds is 12. The van der Waals surface area contributed by atoms with Gasteiger partial charge in [-0.25, -0.2) is 5.01 Å². The summed E-state index contributed by atoms with van der Waals surface area (Å²) in [4.78, 5) is 76.7. The van der Waals surface area contributed by atoms with Crippen LogP contribution in [0.2, 0.25) is 0 Å². The molecule has 39 heavy (non-hydrogen) atoms. The van der Waals surface area contributed by atoms with Crippen molar-refractivity contribution in [1.29, 1.82) is 0 Å². The second kappa shape index (κ2) is 13.8. The lowest BCUT2D eigenvalue weighted by Gasteiger charge is -2.43. The number of ketones is 1. The molecule has 13 heteroatoms. The SMILES string of the molecule is CCOC(OCC)[C@H](CC(=O)O)NC(=O)[C@@H]1CCCN2C(=O)CC[C@H](NC(=O)C(=O)c3ccccc3)C(=O)N12. The molecule has 3 atom stereocenters. The summed E-state index contributed by atoms with van der Waals surface area (Å²) in [6.45, 7) is 4.00. The first-order chi connectivity index (χ1) is 18.7. The van der Waals surface area contributed by atoms with E-state index in [1.165, 1.54) is 17.1 Å². The van der Waals surface area contributed by atoms with Crippen molar-refractivity contribution in [2.24, 2.45) is 0 Å². The molecule has 1 aromatic rings. The normalized spacial score (nSPS) is 20.2. The first kappa shape index (κ1) is 29.7. The van der Waals surface area contributed by atoms with Crippen molar-refractivity contribution in [3.05, 3.63) is 35.9 Å². The van der Waals surface area contributed by atoms with E-state index in [9.17, 15) is 33.9 Å². The van der Waals surface area contributed by atoms with Gasteiger partial charge in [-0.2, -0.15) is 0 Å². The van der Waals surface area contributed by atoms with Gasteiger partial charge in [-0.15, -0.1) is 0 Å². The largest absolute Gasteiger partial charge is 0.481 e. The molecule has 2 saturated heterocycles. The van der Waals surface area contributed by atoms with Crippen LogP contribution in [0.4, 0.5) is 0 Å². The Balaban J connectivity index is 1.82. The number of hydrogen-bond donors (Lipinski definition) is 3. The van der Waals surface area contributed by atoms with Crippen molar-refractivity contribution < 1.29 is 43.3 Å². The first-order valence-corrected chi connectivity index (χ1v) is 13.0. The Kier molecular flexibility index (Phi) is 10.5. The zero-order valence-corrected chi connectivity index (χ0v) is 22.0. The molecule has 2 heterocycles. The van der Waals surface area contributed by atoms with E-state index in [-0.39, 0.29) is 44.6 Å². The summed E-state index contributed by atoms with van der Waals surface area (Å²) < 4.78 is 11.0. The minimum absolute atomic E-state index is 0.0504. The molecule has 212 valence electrons. The second-order valence-electron chi connectivity index (χ2n) is 9.11. The maximum Gasteiger partial charge on any atom is 0.305 e. The van der Waals surface area contributed by atoms with Crippen LogP contribution >= 0.6 is 0 Å². The standard InChI is InChI=1S/C26H34N4O9/c1-3-38-26(39-4-2)18(15-21(32)33)28-23(35)19-11-8-14-29-20(31)13-12-17(25(37)30(19)29)27-24(36)22(34)16-9-6-5-7-10-16/h5-7,9-10,17-19,26H,3-4,8,11-15H2,1-2H3,(H,27,36)(H,28,35)(H,32,33)/t17-,18-,19-/m0/s1. The molecule has 0 unspecified atom stereocenters. The summed E-state index contributed by atoms with van der Waals surface area (Å²) >= 11 is 0. The van der Waals surface area contributed by atoms with Gasteiger partial charge in [0, 0.05) is 31.7 Å². The number of amides is 4. The van der Waals surface area contributed by atoms with Crippen LogP contribution in [0.25, 0.3) is 0 Å². The van der Waals surface area contributed by atoms with E-state index < -0.39 is 66.2 Å². The minimum Gasteiger partial charge on any atom is -0.481 e. The fourth-order valence-corrected chi connectivity index (χ4v) is 4.64. The van der Waals surface area contributed by atoms with Crippen molar-refractivity contribution in [3.8, 4) is 0 Å². The zero-order chi connectivity index (χ0) is 28.5. The van der Waals surface area contributed by atoms with Crippen LogP contribution in [-0.2, 0) is 33.4 Å². The van der Waals surface area contributed by atoms with E-state index in [1.807, 2.05) is 0 Å². The fraction of sp³-hybridized carbons (Fsp3) is 0.538. The van der Waals surface area contributed by atoms with Crippen LogP contribution in [-0.4, -0.2) is 94.7 Å². The number of nitrogens with one attached hydrogen (secondary N) is 2. The predicted octanol–water partition coefficient (Wildman–Crippen LogP) is 0.241. The van der Waals surface area contributed by atoms with Gasteiger partial charge < -0.3 is 25.2 Å². The molecule has 0 aromatic heterocycles. The van der Waals surface area contributed by atoms with Gasteiger partial charge in [-0.05, 0) is 33.1 Å². The zero-order valence-electron chi connectivity index (χ0n) is 22.0. The molecule has 0 bridgehead atoms. The minimum atomic E-state index is -1.22. The van der Waals surface area contributed by atoms with Crippen molar-refractivity contribution in [3.63, 3.8) is 0 Å². The molecule has 2 aliphatic rings. The number of carboxylic acid groups (broad SMARTS) is 1. The quantitative estimate of drug-likeness (QED) is 0.189. The lowest BCUT2D eigenvalue weighted by molar-refractivity contribution is -0.179. The summed E-state index contributed by atoms with van der Waals surface area (Å²) in [6.07, 6.45) is -1.07. The monoisotopic (exact) mass is 546 g/mol. The number of carbonyl (C=O) groups is 6. The van der Waals surface area contributed by atoms with Crippen LogP contribution in [0, 0.1) is 0 Å². The number of carboxylic acids is 1. The molecule has 0 aliphatic carbocycles. The molecule has 0 spiro atoms. The molecule has 0 radical (unpaired) electrons. The van der Waals surface area contributed by atoms with Crippen LogP contribution < -0.4 is 10.6 Å². The third-order valence-corrected chi connectivity index (χ3v) is 6.42. The number of hydrogen-bond acceptors (Lipinski definition) is 8. The maximum absolute atomic E-state index is 13.6. The molecule has 3 N–H and O–H groups in total. The van der Waals surface area contributed by atoms with Crippen LogP contribution in [0.3, 0.4) is 0 Å². The molecular weight excluding hydrogens is 512 g/mol. The molecule has 1 aromatic carbocycles. The van der Waals surface area contributed by atoms with E-state index in [4.69, 9.17) is 9.47 Å². The van der Waals surface area contributed by atoms with Crippen molar-refractivity contribution in [2.75, 3.05) is 19.8 Å². The van der Waals surface area contributed by atoms with Gasteiger partial charge in [0.1, 0.15) is 12.1 Å². The Morgan fingerprint density at radius 3 is 2.33 bits per heavy atom. The average molecular weight is 547 g/mol. The van der Waals surface area contributed by atoms with Gasteiger partial charge in [-0.1, -0.05) is 30.3 Å². The number of fused-ring (bicyclic) bond motifs is 1. The molecule has 2 fully saturated rings.